The number of aryl methyl sites for hydroxylation is 1. The molecule has 2 aromatic rings. The van der Waals surface area contributed by atoms with Gasteiger partial charge < -0.3 is 4.98 Å². The Morgan fingerprint density at radius 2 is 2.31 bits per heavy atom. The third-order valence-electron chi connectivity index (χ3n) is 2.05. The molecule has 66 valence electrons. The van der Waals surface area contributed by atoms with Crippen LogP contribution in [0.15, 0.2) is 29.2 Å². The number of fused-ring (bicyclic) bond motifs is 1. The van der Waals surface area contributed by atoms with Crippen LogP contribution in [-0.4, -0.2) is 9.97 Å². The van der Waals surface area contributed by atoms with Gasteiger partial charge in [-0.05, 0) is 24.1 Å². The molecule has 0 spiro atoms. The molecule has 0 unspecified atom stereocenters. The van der Waals surface area contributed by atoms with Gasteiger partial charge in [0, 0.05) is 0 Å². The number of aromatic nitrogens is 2. The Hall–Kier alpha value is -1.64. The summed E-state index contributed by atoms with van der Waals surface area (Å²) in [5.41, 5.74) is 2.72. The molecule has 0 aliphatic heterocycles. The van der Waals surface area contributed by atoms with Crippen LogP contribution in [0, 0.1) is 0 Å². The number of nitrogens with zero attached hydrogens (tertiary/aromatic N) is 1. The monoisotopic (exact) mass is 174 g/mol. The molecule has 0 fully saturated rings. The first-order valence-corrected chi connectivity index (χ1v) is 4.27. The van der Waals surface area contributed by atoms with E-state index in [1.165, 1.54) is 11.8 Å². The molecule has 0 bridgehead atoms. The summed E-state index contributed by atoms with van der Waals surface area (Å²) in [6, 6.07) is 5.88. The maximum absolute atomic E-state index is 10.9. The van der Waals surface area contributed by atoms with Crippen LogP contribution >= 0.6 is 0 Å². The first-order valence-electron chi connectivity index (χ1n) is 4.27. The third-order valence-corrected chi connectivity index (χ3v) is 2.05. The van der Waals surface area contributed by atoms with Crippen LogP contribution in [0.1, 0.15) is 12.5 Å². The van der Waals surface area contributed by atoms with Crippen molar-refractivity contribution in [3.63, 3.8) is 0 Å². The molecule has 1 aromatic heterocycles. The van der Waals surface area contributed by atoms with Gasteiger partial charge in [-0.1, -0.05) is 13.0 Å². The molecule has 0 saturated heterocycles. The molecule has 0 radical (unpaired) electrons. The van der Waals surface area contributed by atoms with Crippen molar-refractivity contribution >= 4 is 11.0 Å². The Bertz CT molecular complexity index is 487. The Morgan fingerprint density at radius 1 is 1.46 bits per heavy atom. The highest BCUT2D eigenvalue weighted by molar-refractivity contribution is 5.74. The maximum atomic E-state index is 10.9. The molecule has 0 saturated carbocycles. The number of hydrogen-bond donors (Lipinski definition) is 1. The molecular formula is C10H10N2O. The summed E-state index contributed by atoms with van der Waals surface area (Å²) in [6.07, 6.45) is 2.29. The molecule has 3 nitrogen and oxygen atoms in total. The largest absolute Gasteiger partial charge is 0.319 e. The smallest absolute Gasteiger partial charge is 0.266 e. The van der Waals surface area contributed by atoms with E-state index >= 15 is 0 Å². The third kappa shape index (κ3) is 1.45. The van der Waals surface area contributed by atoms with Crippen LogP contribution in [0.25, 0.3) is 11.0 Å². The van der Waals surface area contributed by atoms with E-state index in [1.54, 1.807) is 0 Å². The van der Waals surface area contributed by atoms with E-state index in [0.29, 0.717) is 0 Å². The molecule has 1 aromatic carbocycles. The zero-order valence-electron chi connectivity index (χ0n) is 7.37. The second-order valence-corrected chi connectivity index (χ2v) is 2.95. The van der Waals surface area contributed by atoms with Gasteiger partial charge in [0.25, 0.3) is 5.56 Å². The van der Waals surface area contributed by atoms with Crippen LogP contribution < -0.4 is 5.56 Å². The number of aromatic amines is 1. The summed E-state index contributed by atoms with van der Waals surface area (Å²) in [5, 5.41) is 0. The summed E-state index contributed by atoms with van der Waals surface area (Å²) in [7, 11) is 0. The molecule has 13 heavy (non-hydrogen) atoms. The summed E-state index contributed by atoms with van der Waals surface area (Å²) in [6.45, 7) is 2.09. The molecular weight excluding hydrogens is 164 g/mol. The van der Waals surface area contributed by atoms with Crippen molar-refractivity contribution in [3.8, 4) is 0 Å². The Kier molecular flexibility index (Phi) is 1.85. The van der Waals surface area contributed by atoms with Crippen molar-refractivity contribution in [2.45, 2.75) is 13.3 Å². The highest BCUT2D eigenvalue weighted by Gasteiger charge is 1.96. The van der Waals surface area contributed by atoms with Gasteiger partial charge in [-0.15, -0.1) is 0 Å². The van der Waals surface area contributed by atoms with Crippen molar-refractivity contribution in [2.75, 3.05) is 0 Å². The molecule has 0 atom stereocenters. The lowest BCUT2D eigenvalue weighted by Gasteiger charge is -1.98. The fourth-order valence-electron chi connectivity index (χ4n) is 1.30. The lowest BCUT2D eigenvalue weighted by Crippen LogP contribution is -2.04. The van der Waals surface area contributed by atoms with Gasteiger partial charge >= 0.3 is 0 Å². The fourth-order valence-corrected chi connectivity index (χ4v) is 1.30. The van der Waals surface area contributed by atoms with Crippen LogP contribution in [-0.2, 0) is 6.42 Å². The quantitative estimate of drug-likeness (QED) is 0.711. The van der Waals surface area contributed by atoms with Crippen LogP contribution in [0.4, 0.5) is 0 Å². The molecule has 2 rings (SSSR count). The van der Waals surface area contributed by atoms with Crippen molar-refractivity contribution < 1.29 is 0 Å². The second kappa shape index (κ2) is 3.01. The molecule has 1 N–H and O–H groups in total. The predicted molar refractivity (Wildman–Crippen MR) is 51.7 cm³/mol. The predicted octanol–water partition coefficient (Wildman–Crippen LogP) is 1.49. The van der Waals surface area contributed by atoms with Gasteiger partial charge in [-0.3, -0.25) is 4.79 Å². The first kappa shape index (κ1) is 7.98. The van der Waals surface area contributed by atoms with Gasteiger partial charge in [-0.25, -0.2) is 4.98 Å². The van der Waals surface area contributed by atoms with Crippen LogP contribution in [0.5, 0.6) is 0 Å². The Balaban J connectivity index is 2.73. The molecule has 0 aliphatic rings. The van der Waals surface area contributed by atoms with Crippen LogP contribution in [0.2, 0.25) is 0 Å². The molecule has 0 amide bonds. The van der Waals surface area contributed by atoms with Crippen molar-refractivity contribution in [2.24, 2.45) is 0 Å². The lowest BCUT2D eigenvalue weighted by atomic mass is 10.1. The molecule has 1 heterocycles. The first-order chi connectivity index (χ1) is 6.29. The minimum Gasteiger partial charge on any atom is -0.319 e. The average Bonchev–Trinajstić information content (AvgIpc) is 2.17. The van der Waals surface area contributed by atoms with E-state index in [2.05, 4.69) is 16.9 Å². The van der Waals surface area contributed by atoms with Gasteiger partial charge in [-0.2, -0.15) is 0 Å². The highest BCUT2D eigenvalue weighted by atomic mass is 16.1. The normalized spacial score (nSPS) is 10.5. The Morgan fingerprint density at radius 3 is 3.08 bits per heavy atom. The summed E-state index contributed by atoms with van der Waals surface area (Å²) < 4.78 is 0. The van der Waals surface area contributed by atoms with E-state index in [9.17, 15) is 4.79 Å². The van der Waals surface area contributed by atoms with E-state index in [-0.39, 0.29) is 5.56 Å². The summed E-state index contributed by atoms with van der Waals surface area (Å²) >= 11 is 0. The maximum Gasteiger partial charge on any atom is 0.266 e. The van der Waals surface area contributed by atoms with Gasteiger partial charge in [0.1, 0.15) is 0 Å². The zero-order valence-corrected chi connectivity index (χ0v) is 7.37. The van der Waals surface area contributed by atoms with E-state index in [4.69, 9.17) is 0 Å². The second-order valence-electron chi connectivity index (χ2n) is 2.95. The Labute approximate surface area is 75.4 Å². The van der Waals surface area contributed by atoms with Crippen molar-refractivity contribution in [3.05, 3.63) is 40.3 Å². The zero-order chi connectivity index (χ0) is 9.26. The van der Waals surface area contributed by atoms with E-state index in [1.807, 2.05) is 18.2 Å². The van der Waals surface area contributed by atoms with Gasteiger partial charge in [0.2, 0.25) is 0 Å². The summed E-state index contributed by atoms with van der Waals surface area (Å²) in [5.74, 6) is 0. The minimum absolute atomic E-state index is 0.156. The van der Waals surface area contributed by atoms with Crippen molar-refractivity contribution in [1.29, 1.82) is 0 Å². The summed E-state index contributed by atoms with van der Waals surface area (Å²) in [4.78, 5) is 17.7. The molecule has 3 heteroatoms. The van der Waals surface area contributed by atoms with Gasteiger partial charge in [0.15, 0.2) is 0 Å². The van der Waals surface area contributed by atoms with Crippen molar-refractivity contribution in [1.82, 2.24) is 9.97 Å². The standard InChI is InChI=1S/C10H10N2O/c1-2-7-3-4-8-9(5-7)11-6-10(13)12-8/h3-6H,2H2,1H3,(H,12,13). The number of benzene rings is 1. The fraction of sp³-hybridized carbons (Fsp3) is 0.200. The van der Waals surface area contributed by atoms with E-state index in [0.717, 1.165) is 17.5 Å². The van der Waals surface area contributed by atoms with Crippen LogP contribution in [0.3, 0.4) is 0 Å². The van der Waals surface area contributed by atoms with Gasteiger partial charge in [0.05, 0.1) is 17.2 Å². The number of nitrogens with one attached hydrogen (secondary N) is 1. The van der Waals surface area contributed by atoms with E-state index < -0.39 is 0 Å². The number of rotatable bonds is 1. The minimum atomic E-state index is -0.156. The lowest BCUT2D eigenvalue weighted by molar-refractivity contribution is 1.13. The average molecular weight is 174 g/mol. The molecule has 0 aliphatic carbocycles. The number of H-pyrrole nitrogens is 1. The number of hydrogen-bond acceptors (Lipinski definition) is 2. The SMILES string of the molecule is CCc1ccc2[nH]c(=O)cnc2c1. The highest BCUT2D eigenvalue weighted by Crippen LogP contribution is 2.09. The topological polar surface area (TPSA) is 45.8 Å².